The van der Waals surface area contributed by atoms with Crippen LogP contribution in [0.3, 0.4) is 0 Å². The fourth-order valence-corrected chi connectivity index (χ4v) is 5.66. The van der Waals surface area contributed by atoms with Gasteiger partial charge in [-0.2, -0.15) is 0 Å². The molecule has 0 radical (unpaired) electrons. The smallest absolute Gasteiger partial charge is 0.305 e. The molecule has 0 saturated carbocycles. The molecule has 10 nitrogen and oxygen atoms in total. The molecule has 4 aromatic rings. The molecule has 0 bridgehead atoms. The molecule has 0 saturated heterocycles. The van der Waals surface area contributed by atoms with Gasteiger partial charge >= 0.3 is 5.97 Å². The molecule has 50 heavy (non-hydrogen) atoms. The number of carbonyl (C=O) groups is 4. The van der Waals surface area contributed by atoms with E-state index in [2.05, 4.69) is 16.0 Å². The molecule has 0 aromatic heterocycles. The average Bonchev–Trinajstić information content (AvgIpc) is 3.14. The predicted molar refractivity (Wildman–Crippen MR) is 191 cm³/mol. The van der Waals surface area contributed by atoms with Crippen molar-refractivity contribution in [3.05, 3.63) is 120 Å². The first-order valence-electron chi connectivity index (χ1n) is 16.9. The monoisotopic (exact) mass is 677 g/mol. The molecule has 10 heteroatoms. The minimum Gasteiger partial charge on any atom is -0.489 e. The third kappa shape index (κ3) is 11.0. The van der Waals surface area contributed by atoms with Crippen LogP contribution in [0.25, 0.3) is 10.8 Å². The Bertz CT molecular complexity index is 1780. The van der Waals surface area contributed by atoms with E-state index in [-0.39, 0.29) is 32.5 Å². The second-order valence-electron chi connectivity index (χ2n) is 12.4. The Balaban J connectivity index is 1.20. The number of aliphatic hydroxyl groups excluding tert-OH is 1. The standard InChI is InChI=1S/C40H43N3O7/c44-25-34(22-28-16-20-35(21-17-28)49-26-29-10-4-3-5-11-29)41-37(45)24-32-14-6-1-2-7-15-38(46)50-27-36(43-39(32)47)40(48)42-33-19-18-30-12-8-9-13-31(30)23-33/h1,3-6,8-13,16-21,23,32,34,36,44H,2,7,14-15,22,24-27H2,(H,41,45)(H,42,48)(H,43,47)/t32-,34+,36+/m1/s1. The Morgan fingerprint density at radius 2 is 1.66 bits per heavy atom. The highest BCUT2D eigenvalue weighted by atomic mass is 16.5. The lowest BCUT2D eigenvalue weighted by Crippen LogP contribution is -2.49. The van der Waals surface area contributed by atoms with Gasteiger partial charge < -0.3 is 30.5 Å². The van der Waals surface area contributed by atoms with Crippen molar-refractivity contribution in [1.82, 2.24) is 10.6 Å². The summed E-state index contributed by atoms with van der Waals surface area (Å²) < 4.78 is 11.2. The van der Waals surface area contributed by atoms with E-state index in [9.17, 15) is 24.3 Å². The topological polar surface area (TPSA) is 143 Å². The highest BCUT2D eigenvalue weighted by Gasteiger charge is 2.29. The number of amides is 3. The maximum Gasteiger partial charge on any atom is 0.305 e. The summed E-state index contributed by atoms with van der Waals surface area (Å²) in [6.45, 7) is -0.198. The van der Waals surface area contributed by atoms with Gasteiger partial charge in [0.1, 0.15) is 25.0 Å². The zero-order valence-corrected chi connectivity index (χ0v) is 27.9. The van der Waals surface area contributed by atoms with Crippen LogP contribution in [-0.4, -0.2) is 54.1 Å². The van der Waals surface area contributed by atoms with E-state index in [0.717, 1.165) is 21.9 Å². The van der Waals surface area contributed by atoms with Crippen molar-refractivity contribution in [1.29, 1.82) is 0 Å². The van der Waals surface area contributed by atoms with E-state index in [4.69, 9.17) is 9.47 Å². The van der Waals surface area contributed by atoms with Gasteiger partial charge in [-0.15, -0.1) is 0 Å². The van der Waals surface area contributed by atoms with Gasteiger partial charge in [0.15, 0.2) is 0 Å². The zero-order chi connectivity index (χ0) is 35.1. The maximum absolute atomic E-state index is 13.6. The first-order chi connectivity index (χ1) is 24.4. The third-order valence-corrected chi connectivity index (χ3v) is 8.44. The average molecular weight is 678 g/mol. The molecule has 0 spiro atoms. The number of benzene rings is 4. The van der Waals surface area contributed by atoms with Crippen molar-refractivity contribution >= 4 is 40.2 Å². The summed E-state index contributed by atoms with van der Waals surface area (Å²) in [5.41, 5.74) is 2.48. The predicted octanol–water partition coefficient (Wildman–Crippen LogP) is 5.24. The molecular formula is C40H43N3O7. The van der Waals surface area contributed by atoms with Gasteiger partial charge in [0, 0.05) is 18.5 Å². The number of ether oxygens (including phenoxy) is 2. The van der Waals surface area contributed by atoms with Crippen LogP contribution < -0.4 is 20.7 Å². The zero-order valence-electron chi connectivity index (χ0n) is 27.9. The van der Waals surface area contributed by atoms with Crippen LogP contribution in [0.15, 0.2) is 109 Å². The molecule has 0 aliphatic carbocycles. The number of nitrogens with one attached hydrogen (secondary N) is 3. The van der Waals surface area contributed by atoms with Crippen molar-refractivity contribution in [3.8, 4) is 5.75 Å². The quantitative estimate of drug-likeness (QED) is 0.126. The largest absolute Gasteiger partial charge is 0.489 e. The molecule has 4 aromatic carbocycles. The SMILES string of the molecule is O=C(C[C@H]1CC=CCCCC(=O)OC[C@@H](C(=O)Nc2ccc3ccccc3c2)NC1=O)N[C@H](CO)Cc1ccc(OCc2ccccc2)cc1. The molecule has 3 atom stereocenters. The summed E-state index contributed by atoms with van der Waals surface area (Å²) in [5, 5.41) is 20.4. The van der Waals surface area contributed by atoms with Crippen LogP contribution in [0, 0.1) is 5.92 Å². The first-order valence-corrected chi connectivity index (χ1v) is 16.9. The highest BCUT2D eigenvalue weighted by Crippen LogP contribution is 2.20. The van der Waals surface area contributed by atoms with Crippen LogP contribution in [0.5, 0.6) is 5.75 Å². The summed E-state index contributed by atoms with van der Waals surface area (Å²) in [4.78, 5) is 52.6. The van der Waals surface area contributed by atoms with E-state index in [1.54, 1.807) is 6.07 Å². The normalized spacial score (nSPS) is 17.6. The molecule has 0 fully saturated rings. The number of anilines is 1. The minimum atomic E-state index is -1.18. The van der Waals surface area contributed by atoms with Crippen molar-refractivity contribution < 1.29 is 33.8 Å². The number of fused-ring (bicyclic) bond motifs is 1. The van der Waals surface area contributed by atoms with Gasteiger partial charge in [0.05, 0.1) is 18.6 Å². The molecule has 3 amide bonds. The van der Waals surface area contributed by atoms with Crippen molar-refractivity contribution in [2.75, 3.05) is 18.5 Å². The van der Waals surface area contributed by atoms with Crippen LogP contribution in [0.2, 0.25) is 0 Å². The fourth-order valence-electron chi connectivity index (χ4n) is 5.66. The lowest BCUT2D eigenvalue weighted by Gasteiger charge is -2.23. The number of cyclic esters (lactones) is 1. The summed E-state index contributed by atoms with van der Waals surface area (Å²) in [6, 6.07) is 28.7. The molecule has 0 unspecified atom stereocenters. The van der Waals surface area contributed by atoms with Crippen molar-refractivity contribution in [3.63, 3.8) is 0 Å². The Labute approximate surface area is 291 Å². The Morgan fingerprint density at radius 3 is 2.44 bits per heavy atom. The summed E-state index contributed by atoms with van der Waals surface area (Å²) in [6.07, 6.45) is 5.47. The van der Waals surface area contributed by atoms with Crippen molar-refractivity contribution in [2.45, 2.75) is 57.2 Å². The van der Waals surface area contributed by atoms with Gasteiger partial charge in [-0.25, -0.2) is 0 Å². The molecular weight excluding hydrogens is 634 g/mol. The second-order valence-corrected chi connectivity index (χ2v) is 12.4. The van der Waals surface area contributed by atoms with Crippen molar-refractivity contribution in [2.24, 2.45) is 5.92 Å². The summed E-state index contributed by atoms with van der Waals surface area (Å²) in [5.74, 6) is -2.04. The maximum atomic E-state index is 13.6. The Morgan fingerprint density at radius 1 is 0.900 bits per heavy atom. The number of carbonyl (C=O) groups excluding carboxylic acids is 4. The molecule has 1 heterocycles. The Hall–Kier alpha value is -5.48. The molecule has 4 N–H and O–H groups in total. The van der Waals surface area contributed by atoms with Crippen LogP contribution >= 0.6 is 0 Å². The molecule has 260 valence electrons. The number of rotatable bonds is 11. The second kappa shape index (κ2) is 18.3. The first kappa shape index (κ1) is 35.8. The fraction of sp³-hybridized carbons (Fsp3) is 0.300. The van der Waals surface area contributed by atoms with Crippen LogP contribution in [0.4, 0.5) is 5.69 Å². The highest BCUT2D eigenvalue weighted by molar-refractivity contribution is 5.99. The van der Waals surface area contributed by atoms with Crippen LogP contribution in [-0.2, 0) is 36.9 Å². The molecule has 1 aliphatic rings. The van der Waals surface area contributed by atoms with E-state index < -0.39 is 41.7 Å². The lowest BCUT2D eigenvalue weighted by molar-refractivity contribution is -0.146. The number of hydrogen-bond acceptors (Lipinski definition) is 7. The van der Waals surface area contributed by atoms with Gasteiger partial charge in [0.2, 0.25) is 11.8 Å². The van der Waals surface area contributed by atoms with E-state index in [1.165, 1.54) is 0 Å². The van der Waals surface area contributed by atoms with Gasteiger partial charge in [-0.05, 0) is 71.8 Å². The van der Waals surface area contributed by atoms with E-state index in [0.29, 0.717) is 37.3 Å². The number of aliphatic hydroxyl groups is 1. The third-order valence-electron chi connectivity index (χ3n) is 8.44. The number of esters is 1. The van der Waals surface area contributed by atoms with Gasteiger partial charge in [-0.3, -0.25) is 19.2 Å². The van der Waals surface area contributed by atoms with Crippen LogP contribution in [0.1, 0.15) is 43.2 Å². The van der Waals surface area contributed by atoms with Gasteiger partial charge in [0.25, 0.3) is 5.91 Å². The summed E-state index contributed by atoms with van der Waals surface area (Å²) in [7, 11) is 0. The lowest BCUT2D eigenvalue weighted by atomic mass is 9.98. The molecule has 5 rings (SSSR count). The number of hydrogen-bond donors (Lipinski definition) is 4. The van der Waals surface area contributed by atoms with Gasteiger partial charge in [-0.1, -0.05) is 84.9 Å². The number of allylic oxidation sites excluding steroid dienone is 2. The van der Waals surface area contributed by atoms with E-state index >= 15 is 0 Å². The van der Waals surface area contributed by atoms with E-state index in [1.807, 2.05) is 103 Å². The summed E-state index contributed by atoms with van der Waals surface area (Å²) >= 11 is 0. The Kier molecular flexibility index (Phi) is 13.1. The minimum absolute atomic E-state index is 0.169. The molecule has 1 aliphatic heterocycles.